The van der Waals surface area contributed by atoms with Crippen LogP contribution in [-0.4, -0.2) is 9.63 Å². The standard InChI is InChI=1S/C4H7NS2/c1-3-5-7-4(2)6-3/h4H,1-2H3. The molecule has 0 saturated heterocycles. The second-order valence-electron chi connectivity index (χ2n) is 1.40. The third-order valence-corrected chi connectivity index (χ3v) is 2.77. The molecule has 0 bridgehead atoms. The lowest BCUT2D eigenvalue weighted by Gasteiger charge is -1.90. The summed E-state index contributed by atoms with van der Waals surface area (Å²) in [6.07, 6.45) is 0. The number of rotatable bonds is 0. The van der Waals surface area contributed by atoms with E-state index in [1.54, 1.807) is 11.9 Å². The van der Waals surface area contributed by atoms with Gasteiger partial charge in [-0.15, -0.1) is 0 Å². The van der Waals surface area contributed by atoms with Gasteiger partial charge in [-0.1, -0.05) is 11.8 Å². The first-order chi connectivity index (χ1) is 3.29. The van der Waals surface area contributed by atoms with E-state index in [0.29, 0.717) is 4.58 Å². The van der Waals surface area contributed by atoms with Gasteiger partial charge in [-0.2, -0.15) is 0 Å². The quantitative estimate of drug-likeness (QED) is 0.469. The van der Waals surface area contributed by atoms with Crippen LogP contribution in [0.5, 0.6) is 0 Å². The van der Waals surface area contributed by atoms with Crippen LogP contribution in [0.3, 0.4) is 0 Å². The molecule has 1 rings (SSSR count). The fourth-order valence-electron chi connectivity index (χ4n) is 0.432. The third kappa shape index (κ3) is 1.39. The van der Waals surface area contributed by atoms with Crippen LogP contribution in [0.4, 0.5) is 0 Å². The molecule has 0 fully saturated rings. The zero-order valence-corrected chi connectivity index (χ0v) is 5.97. The highest BCUT2D eigenvalue weighted by Gasteiger charge is 2.10. The van der Waals surface area contributed by atoms with E-state index in [4.69, 9.17) is 0 Å². The lowest BCUT2D eigenvalue weighted by atomic mass is 10.9. The van der Waals surface area contributed by atoms with E-state index >= 15 is 0 Å². The van der Waals surface area contributed by atoms with E-state index < -0.39 is 0 Å². The zero-order chi connectivity index (χ0) is 5.28. The Kier molecular flexibility index (Phi) is 1.65. The molecular formula is C4H7NS2. The summed E-state index contributed by atoms with van der Waals surface area (Å²) in [6.45, 7) is 4.20. The summed E-state index contributed by atoms with van der Waals surface area (Å²) in [6, 6.07) is 0. The Bertz CT molecular complexity index is 99.9. The maximum Gasteiger partial charge on any atom is 0.0795 e. The smallest absolute Gasteiger partial charge is 0.0795 e. The van der Waals surface area contributed by atoms with Gasteiger partial charge in [0.2, 0.25) is 0 Å². The molecule has 0 aromatic carbocycles. The van der Waals surface area contributed by atoms with Gasteiger partial charge in [-0.3, -0.25) is 0 Å². The van der Waals surface area contributed by atoms with Gasteiger partial charge in [0.05, 0.1) is 9.63 Å². The van der Waals surface area contributed by atoms with Crippen molar-refractivity contribution in [1.29, 1.82) is 0 Å². The van der Waals surface area contributed by atoms with Crippen molar-refractivity contribution in [3.63, 3.8) is 0 Å². The Hall–Kier alpha value is 0.370. The Labute approximate surface area is 52.1 Å². The first kappa shape index (κ1) is 5.51. The lowest BCUT2D eigenvalue weighted by Crippen LogP contribution is -1.81. The molecule has 0 spiro atoms. The van der Waals surface area contributed by atoms with Crippen molar-refractivity contribution in [1.82, 2.24) is 0 Å². The molecule has 1 unspecified atom stereocenters. The van der Waals surface area contributed by atoms with E-state index in [2.05, 4.69) is 11.3 Å². The van der Waals surface area contributed by atoms with Crippen molar-refractivity contribution in [2.24, 2.45) is 4.40 Å². The first-order valence-corrected chi connectivity index (χ1v) is 3.88. The largest absolute Gasteiger partial charge is 0.213 e. The minimum absolute atomic E-state index is 0.653. The van der Waals surface area contributed by atoms with Crippen molar-refractivity contribution in [2.75, 3.05) is 0 Å². The molecule has 3 heteroatoms. The second-order valence-corrected chi connectivity index (χ2v) is 4.33. The van der Waals surface area contributed by atoms with Gasteiger partial charge in [0.25, 0.3) is 0 Å². The van der Waals surface area contributed by atoms with Gasteiger partial charge in [0.1, 0.15) is 0 Å². The van der Waals surface area contributed by atoms with Crippen LogP contribution in [-0.2, 0) is 0 Å². The van der Waals surface area contributed by atoms with Crippen molar-refractivity contribution in [3.8, 4) is 0 Å². The minimum Gasteiger partial charge on any atom is -0.213 e. The Morgan fingerprint density at radius 3 is 2.57 bits per heavy atom. The first-order valence-electron chi connectivity index (χ1n) is 2.16. The molecule has 0 aromatic rings. The summed E-state index contributed by atoms with van der Waals surface area (Å²) in [5, 5.41) is 1.21. The molecule has 7 heavy (non-hydrogen) atoms. The number of hydrogen-bond donors (Lipinski definition) is 0. The number of thioether (sulfide) groups is 1. The fraction of sp³-hybridized carbons (Fsp3) is 0.750. The molecule has 0 aromatic heterocycles. The molecule has 1 nitrogen and oxygen atoms in total. The molecule has 1 atom stereocenters. The van der Waals surface area contributed by atoms with Crippen molar-refractivity contribution >= 4 is 28.8 Å². The number of nitrogens with zero attached hydrogens (tertiary/aromatic N) is 1. The molecule has 0 N–H and O–H groups in total. The summed E-state index contributed by atoms with van der Waals surface area (Å²) in [5.74, 6) is 0. The highest BCUT2D eigenvalue weighted by molar-refractivity contribution is 8.27. The van der Waals surface area contributed by atoms with Crippen LogP contribution in [0.25, 0.3) is 0 Å². The summed E-state index contributed by atoms with van der Waals surface area (Å²) in [4.78, 5) is 0. The van der Waals surface area contributed by atoms with Crippen LogP contribution in [0.15, 0.2) is 4.40 Å². The van der Waals surface area contributed by atoms with Crippen LogP contribution in [0, 0.1) is 0 Å². The SMILES string of the molecule is CC1=NSC(C)S1. The molecule has 1 aliphatic rings. The molecule has 0 amide bonds. The van der Waals surface area contributed by atoms with Gasteiger partial charge in [-0.25, -0.2) is 4.40 Å². The molecule has 0 aliphatic carbocycles. The monoisotopic (exact) mass is 133 g/mol. The third-order valence-electron chi connectivity index (χ3n) is 0.666. The maximum atomic E-state index is 4.11. The summed E-state index contributed by atoms with van der Waals surface area (Å²) in [7, 11) is 0. The highest BCUT2D eigenvalue weighted by atomic mass is 32.2. The van der Waals surface area contributed by atoms with Crippen LogP contribution in [0.2, 0.25) is 0 Å². The Morgan fingerprint density at radius 2 is 2.43 bits per heavy atom. The Balaban J connectivity index is 2.42. The summed E-state index contributed by atoms with van der Waals surface area (Å²) < 4.78 is 4.77. The fourth-order valence-corrected chi connectivity index (χ4v) is 2.23. The van der Waals surface area contributed by atoms with Gasteiger partial charge >= 0.3 is 0 Å². The topological polar surface area (TPSA) is 12.4 Å². The average Bonchev–Trinajstić information content (AvgIpc) is 1.87. The Morgan fingerprint density at radius 1 is 1.71 bits per heavy atom. The predicted octanol–water partition coefficient (Wildman–Crippen LogP) is 2.15. The summed E-state index contributed by atoms with van der Waals surface area (Å²) >= 11 is 3.49. The van der Waals surface area contributed by atoms with Gasteiger partial charge in [0.15, 0.2) is 0 Å². The normalized spacial score (nSPS) is 30.6. The van der Waals surface area contributed by atoms with E-state index in [9.17, 15) is 0 Å². The van der Waals surface area contributed by atoms with Crippen LogP contribution < -0.4 is 0 Å². The van der Waals surface area contributed by atoms with Crippen LogP contribution in [0.1, 0.15) is 13.8 Å². The molecule has 1 aliphatic heterocycles. The molecular weight excluding hydrogens is 126 g/mol. The van der Waals surface area contributed by atoms with E-state index in [-0.39, 0.29) is 0 Å². The van der Waals surface area contributed by atoms with E-state index in [0.717, 1.165) is 0 Å². The number of hydrogen-bond acceptors (Lipinski definition) is 3. The second kappa shape index (κ2) is 2.09. The van der Waals surface area contributed by atoms with Crippen molar-refractivity contribution < 1.29 is 0 Å². The van der Waals surface area contributed by atoms with Crippen molar-refractivity contribution in [3.05, 3.63) is 0 Å². The molecule has 0 saturated carbocycles. The maximum absolute atomic E-state index is 4.11. The van der Waals surface area contributed by atoms with Gasteiger partial charge in [0, 0.05) is 0 Å². The highest BCUT2D eigenvalue weighted by Crippen LogP contribution is 2.32. The van der Waals surface area contributed by atoms with Crippen LogP contribution >= 0.6 is 23.7 Å². The lowest BCUT2D eigenvalue weighted by molar-refractivity contribution is 1.44. The van der Waals surface area contributed by atoms with Crippen molar-refractivity contribution in [2.45, 2.75) is 18.4 Å². The van der Waals surface area contributed by atoms with E-state index in [1.165, 1.54) is 5.04 Å². The predicted molar refractivity (Wildman–Crippen MR) is 37.8 cm³/mol. The average molecular weight is 133 g/mol. The molecule has 1 heterocycles. The van der Waals surface area contributed by atoms with Gasteiger partial charge in [-0.05, 0) is 25.8 Å². The molecule has 0 radical (unpaired) electrons. The minimum atomic E-state index is 0.653. The molecule has 40 valence electrons. The van der Waals surface area contributed by atoms with Gasteiger partial charge < -0.3 is 0 Å². The van der Waals surface area contributed by atoms with E-state index in [1.807, 2.05) is 18.7 Å². The zero-order valence-electron chi connectivity index (χ0n) is 4.34. The summed E-state index contributed by atoms with van der Waals surface area (Å²) in [5.41, 5.74) is 0.